The highest BCUT2D eigenvalue weighted by Gasteiger charge is 2.18. The van der Waals surface area contributed by atoms with Crippen LogP contribution in [-0.4, -0.2) is 12.3 Å². The van der Waals surface area contributed by atoms with Gasteiger partial charge in [0, 0.05) is 17.3 Å². The van der Waals surface area contributed by atoms with Crippen LogP contribution in [0.15, 0.2) is 24.3 Å². The highest BCUT2D eigenvalue weighted by Crippen LogP contribution is 2.33. The Bertz CT molecular complexity index is 271. The van der Waals surface area contributed by atoms with Gasteiger partial charge >= 0.3 is 0 Å². The van der Waals surface area contributed by atoms with Crippen molar-refractivity contribution in [1.82, 2.24) is 5.32 Å². The van der Waals surface area contributed by atoms with Crippen molar-refractivity contribution in [2.75, 3.05) is 12.3 Å². The second-order valence-corrected chi connectivity index (χ2v) is 4.35. The van der Waals surface area contributed by atoms with Crippen molar-refractivity contribution in [1.29, 1.82) is 0 Å². The van der Waals surface area contributed by atoms with E-state index in [1.54, 1.807) is 0 Å². The number of thioether (sulfide) groups is 1. The number of rotatable bonds is 1. The van der Waals surface area contributed by atoms with E-state index in [9.17, 15) is 0 Å². The van der Waals surface area contributed by atoms with Gasteiger partial charge in [0.15, 0.2) is 0 Å². The first-order valence-corrected chi connectivity index (χ1v) is 5.40. The van der Waals surface area contributed by atoms with E-state index in [1.807, 2.05) is 30.0 Å². The summed E-state index contributed by atoms with van der Waals surface area (Å²) >= 11 is 7.97. The molecule has 0 unspecified atom stereocenters. The average Bonchev–Trinajstić information content (AvgIpc) is 2.57. The van der Waals surface area contributed by atoms with Crippen LogP contribution in [0.4, 0.5) is 0 Å². The fourth-order valence-electron chi connectivity index (χ4n) is 1.31. The minimum absolute atomic E-state index is 0.402. The van der Waals surface area contributed by atoms with Gasteiger partial charge in [-0.15, -0.1) is 11.8 Å². The van der Waals surface area contributed by atoms with E-state index in [4.69, 9.17) is 11.6 Å². The molecule has 1 fully saturated rings. The quantitative estimate of drug-likeness (QED) is 0.747. The third-order valence-corrected chi connectivity index (χ3v) is 3.44. The Morgan fingerprint density at radius 2 is 2.25 bits per heavy atom. The van der Waals surface area contributed by atoms with Crippen LogP contribution in [0.5, 0.6) is 0 Å². The maximum atomic E-state index is 6.05. The molecule has 0 bridgehead atoms. The Morgan fingerprint density at radius 1 is 1.42 bits per heavy atom. The molecule has 64 valence electrons. The monoisotopic (exact) mass is 199 g/mol. The number of hydrogen-bond acceptors (Lipinski definition) is 2. The molecule has 0 spiro atoms. The first-order chi connectivity index (χ1) is 5.88. The number of benzene rings is 1. The van der Waals surface area contributed by atoms with Gasteiger partial charge in [-0.1, -0.05) is 29.8 Å². The lowest BCUT2D eigenvalue weighted by atomic mass is 10.2. The Balaban J connectivity index is 2.26. The molecule has 1 N–H and O–H groups in total. The van der Waals surface area contributed by atoms with E-state index < -0.39 is 0 Å². The molecule has 3 heteroatoms. The predicted molar refractivity (Wildman–Crippen MR) is 54.7 cm³/mol. The summed E-state index contributed by atoms with van der Waals surface area (Å²) in [7, 11) is 0. The lowest BCUT2D eigenvalue weighted by Gasteiger charge is -2.10. The van der Waals surface area contributed by atoms with Gasteiger partial charge in [-0.2, -0.15) is 0 Å². The van der Waals surface area contributed by atoms with Gasteiger partial charge in [0.2, 0.25) is 0 Å². The van der Waals surface area contributed by atoms with Gasteiger partial charge in [-0.05, 0) is 11.6 Å². The van der Waals surface area contributed by atoms with E-state index in [0.29, 0.717) is 5.37 Å². The van der Waals surface area contributed by atoms with Crippen molar-refractivity contribution in [2.24, 2.45) is 0 Å². The first-order valence-electron chi connectivity index (χ1n) is 3.97. The Labute approximate surface area is 81.5 Å². The lowest BCUT2D eigenvalue weighted by molar-refractivity contribution is 0.751. The van der Waals surface area contributed by atoms with Crippen molar-refractivity contribution >= 4 is 23.4 Å². The molecule has 1 atom stereocenters. The molecule has 0 saturated carbocycles. The molecule has 2 rings (SSSR count). The molecule has 1 aromatic rings. The topological polar surface area (TPSA) is 12.0 Å². The summed E-state index contributed by atoms with van der Waals surface area (Å²) in [5.74, 6) is 1.18. The minimum atomic E-state index is 0.402. The summed E-state index contributed by atoms with van der Waals surface area (Å²) in [6.07, 6.45) is 0. The van der Waals surface area contributed by atoms with Gasteiger partial charge in [0.25, 0.3) is 0 Å². The first kappa shape index (κ1) is 8.42. The Hall–Kier alpha value is -0.180. The molecular weight excluding hydrogens is 190 g/mol. The van der Waals surface area contributed by atoms with E-state index >= 15 is 0 Å². The van der Waals surface area contributed by atoms with Crippen molar-refractivity contribution in [2.45, 2.75) is 5.37 Å². The summed E-state index contributed by atoms with van der Waals surface area (Å²) in [6.45, 7) is 1.08. The summed E-state index contributed by atoms with van der Waals surface area (Å²) in [6, 6.07) is 8.02. The Kier molecular flexibility index (Phi) is 2.59. The standard InChI is InChI=1S/C9H10ClNS/c10-8-4-2-1-3-7(8)9-11-5-6-12-9/h1-4,9,11H,5-6H2/t9-/m1/s1. The van der Waals surface area contributed by atoms with Gasteiger partial charge in [0.1, 0.15) is 0 Å². The molecule has 1 saturated heterocycles. The van der Waals surface area contributed by atoms with E-state index in [2.05, 4.69) is 11.4 Å². The number of halogens is 1. The van der Waals surface area contributed by atoms with Crippen LogP contribution in [0.3, 0.4) is 0 Å². The molecule has 12 heavy (non-hydrogen) atoms. The molecule has 0 aliphatic carbocycles. The molecule has 1 aromatic carbocycles. The lowest BCUT2D eigenvalue weighted by Crippen LogP contribution is -2.12. The van der Waals surface area contributed by atoms with Crippen molar-refractivity contribution in [3.63, 3.8) is 0 Å². The van der Waals surface area contributed by atoms with Crippen molar-refractivity contribution < 1.29 is 0 Å². The summed E-state index contributed by atoms with van der Waals surface area (Å²) in [4.78, 5) is 0. The molecule has 0 aromatic heterocycles. The summed E-state index contributed by atoms with van der Waals surface area (Å²) < 4.78 is 0. The number of nitrogens with one attached hydrogen (secondary N) is 1. The van der Waals surface area contributed by atoms with Crippen LogP contribution in [0.1, 0.15) is 10.9 Å². The van der Waals surface area contributed by atoms with E-state index in [-0.39, 0.29) is 0 Å². The predicted octanol–water partition coefficient (Wildman–Crippen LogP) is 2.68. The zero-order valence-electron chi connectivity index (χ0n) is 6.59. The molecule has 1 aliphatic heterocycles. The van der Waals surface area contributed by atoms with E-state index in [0.717, 1.165) is 11.6 Å². The van der Waals surface area contributed by atoms with Gasteiger partial charge < -0.3 is 5.32 Å². The van der Waals surface area contributed by atoms with Crippen LogP contribution >= 0.6 is 23.4 Å². The largest absolute Gasteiger partial charge is 0.301 e. The molecule has 1 aliphatic rings. The maximum absolute atomic E-state index is 6.05. The average molecular weight is 200 g/mol. The molecule has 0 amide bonds. The smallest absolute Gasteiger partial charge is 0.0804 e. The van der Waals surface area contributed by atoms with Crippen molar-refractivity contribution in [3.8, 4) is 0 Å². The highest BCUT2D eigenvalue weighted by atomic mass is 35.5. The normalized spacial score (nSPS) is 22.9. The third-order valence-electron chi connectivity index (χ3n) is 1.90. The van der Waals surface area contributed by atoms with E-state index in [1.165, 1.54) is 11.3 Å². The van der Waals surface area contributed by atoms with Crippen LogP contribution in [0.2, 0.25) is 5.02 Å². The summed E-state index contributed by atoms with van der Waals surface area (Å²) in [5.41, 5.74) is 1.21. The van der Waals surface area contributed by atoms with Gasteiger partial charge in [-0.25, -0.2) is 0 Å². The van der Waals surface area contributed by atoms with Crippen LogP contribution < -0.4 is 5.32 Å². The zero-order chi connectivity index (χ0) is 8.39. The van der Waals surface area contributed by atoms with Gasteiger partial charge in [-0.3, -0.25) is 0 Å². The summed E-state index contributed by atoms with van der Waals surface area (Å²) in [5, 5.41) is 4.66. The Morgan fingerprint density at radius 3 is 2.92 bits per heavy atom. The minimum Gasteiger partial charge on any atom is -0.301 e. The molecule has 1 heterocycles. The van der Waals surface area contributed by atoms with Crippen LogP contribution in [-0.2, 0) is 0 Å². The fraction of sp³-hybridized carbons (Fsp3) is 0.333. The molecular formula is C9H10ClNS. The van der Waals surface area contributed by atoms with Crippen LogP contribution in [0.25, 0.3) is 0 Å². The SMILES string of the molecule is Clc1ccccc1[C@@H]1NCCS1. The van der Waals surface area contributed by atoms with Crippen molar-refractivity contribution in [3.05, 3.63) is 34.9 Å². The third kappa shape index (κ3) is 1.60. The second kappa shape index (κ2) is 3.69. The fourth-order valence-corrected chi connectivity index (χ4v) is 2.71. The molecule has 1 nitrogen and oxygen atoms in total. The van der Waals surface area contributed by atoms with Crippen LogP contribution in [0, 0.1) is 0 Å². The second-order valence-electron chi connectivity index (χ2n) is 2.73. The maximum Gasteiger partial charge on any atom is 0.0804 e. The number of hydrogen-bond donors (Lipinski definition) is 1. The van der Waals surface area contributed by atoms with Gasteiger partial charge in [0.05, 0.1) is 5.37 Å². The molecule has 0 radical (unpaired) electrons. The zero-order valence-corrected chi connectivity index (χ0v) is 8.16. The highest BCUT2D eigenvalue weighted by molar-refractivity contribution is 7.99.